The molecule has 3 rings (SSSR count). The molecule has 3 atom stereocenters. The molecule has 2 aliphatic heterocycles. The van der Waals surface area contributed by atoms with Crippen molar-refractivity contribution >= 4 is 21.8 Å². The molecule has 0 aliphatic carbocycles. The summed E-state index contributed by atoms with van der Waals surface area (Å²) >= 11 is 3.48. The largest absolute Gasteiger partial charge is 0.459 e. The number of likely N-dealkylation sites (tertiary alicyclic amines) is 1. The normalized spacial score (nSPS) is 25.2. The first-order valence-electron chi connectivity index (χ1n) is 9.79. The summed E-state index contributed by atoms with van der Waals surface area (Å²) in [6, 6.07) is 8.17. The smallest absolute Gasteiger partial charge is 0.288 e. The molecule has 6 heteroatoms. The van der Waals surface area contributed by atoms with Gasteiger partial charge in [-0.1, -0.05) is 28.1 Å². The zero-order valence-electron chi connectivity index (χ0n) is 15.8. The summed E-state index contributed by atoms with van der Waals surface area (Å²) in [6.07, 6.45) is 5.01. The number of nitrogens with zero attached hydrogens (tertiary/aromatic N) is 1. The third-order valence-corrected chi connectivity index (χ3v) is 5.80. The molecular formula is C21H28BrNO4. The van der Waals surface area contributed by atoms with Crippen LogP contribution in [0.2, 0.25) is 0 Å². The Balaban J connectivity index is 1.93. The molecule has 148 valence electrons. The lowest BCUT2D eigenvalue weighted by atomic mass is 9.80. The van der Waals surface area contributed by atoms with Gasteiger partial charge < -0.3 is 19.5 Å². The molecule has 0 aromatic heterocycles. The van der Waals surface area contributed by atoms with E-state index in [0.717, 1.165) is 42.4 Å². The summed E-state index contributed by atoms with van der Waals surface area (Å²) in [5, 5.41) is 9.33. The Morgan fingerprint density at radius 3 is 2.63 bits per heavy atom. The highest BCUT2D eigenvalue weighted by Gasteiger charge is 2.39. The second-order valence-corrected chi connectivity index (χ2v) is 7.99. The number of rotatable bonds is 7. The Morgan fingerprint density at radius 2 is 2.00 bits per heavy atom. The highest BCUT2D eigenvalue weighted by Crippen LogP contribution is 2.40. The molecule has 1 fully saturated rings. The van der Waals surface area contributed by atoms with Crippen LogP contribution in [0.5, 0.6) is 0 Å². The number of aliphatic hydroxyl groups is 1. The minimum absolute atomic E-state index is 0.0107. The van der Waals surface area contributed by atoms with Crippen LogP contribution in [0.25, 0.3) is 0 Å². The van der Waals surface area contributed by atoms with Gasteiger partial charge in [-0.3, -0.25) is 4.79 Å². The van der Waals surface area contributed by atoms with Gasteiger partial charge in [0, 0.05) is 42.6 Å². The quantitative estimate of drug-likeness (QED) is 0.703. The first-order chi connectivity index (χ1) is 13.1. The topological polar surface area (TPSA) is 59.0 Å². The van der Waals surface area contributed by atoms with E-state index >= 15 is 0 Å². The van der Waals surface area contributed by atoms with Crippen molar-refractivity contribution in [2.45, 2.75) is 44.8 Å². The van der Waals surface area contributed by atoms with Crippen molar-refractivity contribution < 1.29 is 19.4 Å². The molecule has 1 saturated heterocycles. The van der Waals surface area contributed by atoms with Crippen LogP contribution in [0.3, 0.4) is 0 Å². The Bertz CT molecular complexity index is 655. The second kappa shape index (κ2) is 9.71. The highest BCUT2D eigenvalue weighted by atomic mass is 79.9. The maximum Gasteiger partial charge on any atom is 0.288 e. The number of carbonyl (C=O) groups is 1. The lowest BCUT2D eigenvalue weighted by molar-refractivity contribution is -0.170. The van der Waals surface area contributed by atoms with Gasteiger partial charge in [0.2, 0.25) is 6.29 Å². The maximum atomic E-state index is 12.9. The molecular weight excluding hydrogens is 410 g/mol. The van der Waals surface area contributed by atoms with Crippen molar-refractivity contribution in [2.75, 3.05) is 26.3 Å². The Kier molecular flexibility index (Phi) is 7.33. The van der Waals surface area contributed by atoms with E-state index < -0.39 is 6.29 Å². The summed E-state index contributed by atoms with van der Waals surface area (Å²) in [7, 11) is 0. The van der Waals surface area contributed by atoms with E-state index in [1.165, 1.54) is 0 Å². The molecule has 1 aromatic rings. The average Bonchev–Trinajstić information content (AvgIpc) is 3.21. The summed E-state index contributed by atoms with van der Waals surface area (Å²) in [5.74, 6) is 0.411. The summed E-state index contributed by atoms with van der Waals surface area (Å²) in [5.41, 5.74) is 1.13. The Morgan fingerprint density at radius 1 is 1.30 bits per heavy atom. The van der Waals surface area contributed by atoms with E-state index in [1.54, 1.807) is 0 Å². The number of benzene rings is 1. The highest BCUT2D eigenvalue weighted by molar-refractivity contribution is 9.10. The van der Waals surface area contributed by atoms with Gasteiger partial charge in [0.25, 0.3) is 5.91 Å². The molecule has 1 aromatic carbocycles. The number of ether oxygens (including phenoxy) is 2. The molecule has 1 N–H and O–H groups in total. The lowest BCUT2D eigenvalue weighted by Crippen LogP contribution is -2.39. The van der Waals surface area contributed by atoms with Crippen LogP contribution in [-0.4, -0.2) is 48.5 Å². The van der Waals surface area contributed by atoms with Gasteiger partial charge in [0.15, 0.2) is 5.76 Å². The molecule has 27 heavy (non-hydrogen) atoms. The third kappa shape index (κ3) is 4.92. The second-order valence-electron chi connectivity index (χ2n) is 7.08. The molecule has 0 radical (unpaired) electrons. The minimum atomic E-state index is -0.484. The van der Waals surface area contributed by atoms with Gasteiger partial charge in [0.05, 0.1) is 0 Å². The van der Waals surface area contributed by atoms with Gasteiger partial charge in [-0.2, -0.15) is 0 Å². The van der Waals surface area contributed by atoms with Gasteiger partial charge in [-0.05, 0) is 56.4 Å². The molecule has 2 aliphatic rings. The number of halogens is 1. The Hall–Kier alpha value is -1.37. The number of hydrogen-bond acceptors (Lipinski definition) is 4. The van der Waals surface area contributed by atoms with Crippen LogP contribution in [0.1, 0.15) is 44.1 Å². The predicted molar refractivity (Wildman–Crippen MR) is 107 cm³/mol. The molecule has 2 heterocycles. The molecule has 0 unspecified atom stereocenters. The average molecular weight is 438 g/mol. The lowest BCUT2D eigenvalue weighted by Gasteiger charge is -2.37. The van der Waals surface area contributed by atoms with E-state index in [1.807, 2.05) is 30.0 Å². The molecule has 0 saturated carbocycles. The van der Waals surface area contributed by atoms with E-state index in [-0.39, 0.29) is 24.3 Å². The van der Waals surface area contributed by atoms with E-state index in [2.05, 4.69) is 28.1 Å². The van der Waals surface area contributed by atoms with Crippen LogP contribution < -0.4 is 0 Å². The SMILES string of the molecule is CCO[C@H]1OC(C(=O)N2CCCC2)=C[C@@H](c2ccc(Br)cc2)[C@@H]1CCCO. The number of hydrogen-bond donors (Lipinski definition) is 1. The fourth-order valence-corrected chi connectivity index (χ4v) is 4.16. The van der Waals surface area contributed by atoms with Gasteiger partial charge in [-0.15, -0.1) is 0 Å². The van der Waals surface area contributed by atoms with Gasteiger partial charge in [0.1, 0.15) is 0 Å². The Labute approximate surface area is 169 Å². The van der Waals surface area contributed by atoms with E-state index in [4.69, 9.17) is 9.47 Å². The van der Waals surface area contributed by atoms with Crippen LogP contribution in [-0.2, 0) is 14.3 Å². The first kappa shape index (κ1) is 20.4. The van der Waals surface area contributed by atoms with Gasteiger partial charge in [-0.25, -0.2) is 0 Å². The van der Waals surface area contributed by atoms with Crippen molar-refractivity contribution in [3.8, 4) is 0 Å². The van der Waals surface area contributed by atoms with Crippen molar-refractivity contribution in [1.82, 2.24) is 4.90 Å². The third-order valence-electron chi connectivity index (χ3n) is 5.27. The van der Waals surface area contributed by atoms with E-state index in [9.17, 15) is 9.90 Å². The number of aliphatic hydroxyl groups excluding tert-OH is 1. The van der Waals surface area contributed by atoms with Crippen LogP contribution >= 0.6 is 15.9 Å². The fraction of sp³-hybridized carbons (Fsp3) is 0.571. The summed E-state index contributed by atoms with van der Waals surface area (Å²) in [4.78, 5) is 14.8. The zero-order chi connectivity index (χ0) is 19.2. The van der Waals surface area contributed by atoms with Crippen molar-refractivity contribution in [3.05, 3.63) is 46.1 Å². The number of amides is 1. The first-order valence-corrected chi connectivity index (χ1v) is 10.6. The maximum absolute atomic E-state index is 12.9. The number of carbonyl (C=O) groups excluding carboxylic acids is 1. The molecule has 0 spiro atoms. The molecule has 5 nitrogen and oxygen atoms in total. The van der Waals surface area contributed by atoms with E-state index in [0.29, 0.717) is 18.8 Å². The number of allylic oxidation sites excluding steroid dienone is 1. The van der Waals surface area contributed by atoms with Crippen LogP contribution in [0, 0.1) is 5.92 Å². The van der Waals surface area contributed by atoms with Crippen LogP contribution in [0.4, 0.5) is 0 Å². The fourth-order valence-electron chi connectivity index (χ4n) is 3.90. The van der Waals surface area contributed by atoms with Gasteiger partial charge >= 0.3 is 0 Å². The molecule has 1 amide bonds. The predicted octanol–water partition coefficient (Wildman–Crippen LogP) is 3.82. The van der Waals surface area contributed by atoms with Crippen molar-refractivity contribution in [1.29, 1.82) is 0 Å². The summed E-state index contributed by atoms with van der Waals surface area (Å²) in [6.45, 7) is 4.15. The minimum Gasteiger partial charge on any atom is -0.459 e. The molecule has 0 bridgehead atoms. The van der Waals surface area contributed by atoms with Crippen LogP contribution in [0.15, 0.2) is 40.6 Å². The standard InChI is InChI=1S/C21H28BrNO4/c1-2-26-21-17(6-5-13-24)18(15-7-9-16(22)10-8-15)14-19(27-21)20(25)23-11-3-4-12-23/h7-10,14,17-18,21,24H,2-6,11-13H2,1H3/t17-,18-,21-/m0/s1. The van der Waals surface area contributed by atoms with Crippen molar-refractivity contribution in [2.24, 2.45) is 5.92 Å². The zero-order valence-corrected chi connectivity index (χ0v) is 17.4. The van der Waals surface area contributed by atoms with Crippen molar-refractivity contribution in [3.63, 3.8) is 0 Å². The monoisotopic (exact) mass is 437 g/mol. The summed E-state index contributed by atoms with van der Waals surface area (Å²) < 4.78 is 12.9.